The van der Waals surface area contributed by atoms with E-state index >= 15 is 0 Å². The fourth-order valence-electron chi connectivity index (χ4n) is 3.83. The Morgan fingerprint density at radius 2 is 1.82 bits per heavy atom. The second-order valence-electron chi connectivity index (χ2n) is 8.12. The van der Waals surface area contributed by atoms with Crippen LogP contribution in [0.4, 0.5) is 11.4 Å². The molecule has 180 valence electrons. The number of hydrogen-bond donors (Lipinski definition) is 2. The number of piperidine rings is 1. The molecule has 0 saturated carbocycles. The average Bonchev–Trinajstić information content (AvgIpc) is 3.40. The van der Waals surface area contributed by atoms with Crippen LogP contribution in [0.2, 0.25) is 0 Å². The van der Waals surface area contributed by atoms with Gasteiger partial charge in [-0.25, -0.2) is 8.42 Å². The summed E-state index contributed by atoms with van der Waals surface area (Å²) in [7, 11) is -3.79. The molecule has 1 aliphatic heterocycles. The first-order chi connectivity index (χ1) is 16.1. The van der Waals surface area contributed by atoms with Gasteiger partial charge < -0.3 is 15.2 Å². The number of aromatic nitrogens is 2. The van der Waals surface area contributed by atoms with Gasteiger partial charge in [-0.2, -0.15) is 9.29 Å². The lowest BCUT2D eigenvalue weighted by atomic mass is 9.98. The van der Waals surface area contributed by atoms with E-state index < -0.39 is 15.9 Å². The van der Waals surface area contributed by atoms with E-state index in [0.29, 0.717) is 52.2 Å². The lowest BCUT2D eigenvalue weighted by Gasteiger charge is -2.31. The van der Waals surface area contributed by atoms with Gasteiger partial charge in [0.25, 0.3) is 0 Å². The molecular weight excluding hydrogens is 478 g/mol. The number of hydrogen-bond acceptors (Lipinski definition) is 8. The van der Waals surface area contributed by atoms with Gasteiger partial charge in [0.1, 0.15) is 0 Å². The van der Waals surface area contributed by atoms with Crippen LogP contribution in [0.15, 0.2) is 39.8 Å². The van der Waals surface area contributed by atoms with Gasteiger partial charge >= 0.3 is 0 Å². The van der Waals surface area contributed by atoms with Crippen LogP contribution in [0.5, 0.6) is 0 Å². The minimum absolute atomic E-state index is 0.101. The second-order valence-corrected chi connectivity index (χ2v) is 11.3. The van der Waals surface area contributed by atoms with Crippen molar-refractivity contribution in [2.24, 2.45) is 5.92 Å². The van der Waals surface area contributed by atoms with Crippen LogP contribution in [0, 0.1) is 19.8 Å². The molecule has 1 aliphatic rings. The maximum Gasteiger partial charge on any atom is 0.244 e. The summed E-state index contributed by atoms with van der Waals surface area (Å²) in [6, 6.07) is 8.33. The van der Waals surface area contributed by atoms with E-state index in [1.54, 1.807) is 44.2 Å². The highest BCUT2D eigenvalue weighted by Gasteiger charge is 2.35. The zero-order valence-corrected chi connectivity index (χ0v) is 20.6. The molecule has 1 atom stereocenters. The number of anilines is 2. The van der Waals surface area contributed by atoms with Crippen molar-refractivity contribution >= 4 is 44.5 Å². The van der Waals surface area contributed by atoms with Crippen molar-refractivity contribution in [3.63, 3.8) is 0 Å². The number of amides is 2. The molecule has 12 heteroatoms. The van der Waals surface area contributed by atoms with Gasteiger partial charge in [0.2, 0.25) is 33.6 Å². The molecule has 1 saturated heterocycles. The summed E-state index contributed by atoms with van der Waals surface area (Å²) in [5, 5.41) is 9.38. The highest BCUT2D eigenvalue weighted by atomic mass is 32.2. The summed E-state index contributed by atoms with van der Waals surface area (Å²) < 4.78 is 33.2. The van der Waals surface area contributed by atoms with Crippen molar-refractivity contribution in [3.8, 4) is 10.7 Å². The second kappa shape index (κ2) is 9.65. The number of carbonyl (C=O) groups excluding carboxylic acids is 2. The van der Waals surface area contributed by atoms with Gasteiger partial charge in [-0.05, 0) is 50.1 Å². The van der Waals surface area contributed by atoms with E-state index in [9.17, 15) is 18.0 Å². The molecule has 3 aromatic rings. The number of nitrogens with zero attached hydrogens (tertiary/aromatic N) is 3. The van der Waals surface area contributed by atoms with Crippen molar-refractivity contribution in [1.82, 2.24) is 14.4 Å². The number of carbonyl (C=O) groups is 2. The summed E-state index contributed by atoms with van der Waals surface area (Å²) in [6.45, 7) is 5.29. The molecule has 1 unspecified atom stereocenters. The molecule has 0 aliphatic carbocycles. The Balaban J connectivity index is 1.46. The first kappa shape index (κ1) is 24.0. The fourth-order valence-corrected chi connectivity index (χ4v) is 6.84. The van der Waals surface area contributed by atoms with Crippen LogP contribution in [0.3, 0.4) is 0 Å². The topological polar surface area (TPSA) is 134 Å². The quantitative estimate of drug-likeness (QED) is 0.526. The molecule has 2 amide bonds. The van der Waals surface area contributed by atoms with E-state index in [1.807, 2.05) is 0 Å². The van der Waals surface area contributed by atoms with Crippen molar-refractivity contribution in [1.29, 1.82) is 0 Å². The van der Waals surface area contributed by atoms with Crippen LogP contribution in [-0.2, 0) is 19.6 Å². The van der Waals surface area contributed by atoms with Gasteiger partial charge in [0, 0.05) is 43.2 Å². The van der Waals surface area contributed by atoms with Gasteiger partial charge in [0.05, 0.1) is 15.7 Å². The first-order valence-corrected chi connectivity index (χ1v) is 13.0. The van der Waals surface area contributed by atoms with Crippen molar-refractivity contribution < 1.29 is 22.5 Å². The summed E-state index contributed by atoms with van der Waals surface area (Å²) in [4.78, 5) is 29.6. The Morgan fingerprint density at radius 1 is 1.15 bits per heavy atom. The number of sulfonamides is 1. The Bertz CT molecular complexity index is 1310. The predicted molar refractivity (Wildman–Crippen MR) is 128 cm³/mol. The normalized spacial score (nSPS) is 16.9. The molecule has 0 radical (unpaired) electrons. The van der Waals surface area contributed by atoms with Gasteiger partial charge in [0.15, 0.2) is 0 Å². The number of rotatable bonds is 6. The maximum absolute atomic E-state index is 13.4. The van der Waals surface area contributed by atoms with Crippen LogP contribution < -0.4 is 10.6 Å². The Morgan fingerprint density at radius 3 is 2.44 bits per heavy atom. The van der Waals surface area contributed by atoms with Gasteiger partial charge in [-0.1, -0.05) is 5.16 Å². The molecule has 2 aromatic heterocycles. The third-order valence-electron chi connectivity index (χ3n) is 5.47. The zero-order valence-electron chi connectivity index (χ0n) is 19.0. The van der Waals surface area contributed by atoms with Crippen LogP contribution in [-0.4, -0.2) is 47.8 Å². The lowest BCUT2D eigenvalue weighted by molar-refractivity contribution is -0.121. The van der Waals surface area contributed by atoms with Crippen molar-refractivity contribution in [2.45, 2.75) is 38.5 Å². The molecule has 0 bridgehead atoms. The molecular formula is C22H25N5O5S2. The van der Waals surface area contributed by atoms with E-state index in [-0.39, 0.29) is 23.3 Å². The molecule has 0 spiro atoms. The highest BCUT2D eigenvalue weighted by molar-refractivity contribution is 7.89. The molecule has 1 aromatic carbocycles. The number of thiophene rings is 1. The molecule has 3 heterocycles. The van der Waals surface area contributed by atoms with E-state index in [0.717, 1.165) is 0 Å². The third-order valence-corrected chi connectivity index (χ3v) is 8.63. The summed E-state index contributed by atoms with van der Waals surface area (Å²) in [5.41, 5.74) is 1.20. The van der Waals surface area contributed by atoms with Crippen LogP contribution in [0.25, 0.3) is 10.7 Å². The number of benzene rings is 1. The van der Waals surface area contributed by atoms with Crippen LogP contribution >= 0.6 is 11.3 Å². The summed E-state index contributed by atoms with van der Waals surface area (Å²) >= 11 is 1.29. The van der Waals surface area contributed by atoms with Gasteiger partial charge in [-0.3, -0.25) is 9.59 Å². The summed E-state index contributed by atoms with van der Waals surface area (Å²) in [6.07, 6.45) is 1.18. The Kier molecular flexibility index (Phi) is 6.82. The maximum atomic E-state index is 13.4. The van der Waals surface area contributed by atoms with E-state index in [4.69, 9.17) is 4.52 Å². The summed E-state index contributed by atoms with van der Waals surface area (Å²) in [5.74, 6) is -0.137. The minimum Gasteiger partial charge on any atom is -0.339 e. The Labute approximate surface area is 201 Å². The molecule has 34 heavy (non-hydrogen) atoms. The average molecular weight is 504 g/mol. The number of nitrogens with one attached hydrogen (secondary N) is 2. The van der Waals surface area contributed by atoms with E-state index in [1.165, 1.54) is 22.6 Å². The largest absolute Gasteiger partial charge is 0.339 e. The first-order valence-electron chi connectivity index (χ1n) is 10.7. The third kappa shape index (κ3) is 5.18. The fraction of sp³-hybridized carbons (Fsp3) is 0.364. The molecule has 2 N–H and O–H groups in total. The minimum atomic E-state index is -3.79. The van der Waals surface area contributed by atoms with Crippen LogP contribution in [0.1, 0.15) is 30.5 Å². The number of aryl methyl sites for hydroxylation is 2. The smallest absolute Gasteiger partial charge is 0.244 e. The van der Waals surface area contributed by atoms with E-state index in [2.05, 4.69) is 20.8 Å². The predicted octanol–water partition coefficient (Wildman–Crippen LogP) is 3.41. The molecule has 1 fully saturated rings. The van der Waals surface area contributed by atoms with Crippen molar-refractivity contribution in [2.75, 3.05) is 23.7 Å². The highest BCUT2D eigenvalue weighted by Crippen LogP contribution is 2.35. The Hall–Kier alpha value is -3.09. The molecule has 4 rings (SSSR count). The molecule has 10 nitrogen and oxygen atoms in total. The van der Waals surface area contributed by atoms with Gasteiger partial charge in [-0.15, -0.1) is 11.3 Å². The lowest BCUT2D eigenvalue weighted by Crippen LogP contribution is -2.43. The monoisotopic (exact) mass is 503 g/mol. The standard InChI is InChI=1S/C22H25N5O5S2/c1-13-20(11-19(33-13)21-24-15(3)32-26-21)34(30,31)27-10-4-5-16(12-27)22(29)25-18-8-6-17(7-9-18)23-14(2)28/h6-9,11,16H,4-5,10,12H2,1-3H3,(H,23,28)(H,25,29). The van der Waals surface area contributed by atoms with Crippen molar-refractivity contribution in [3.05, 3.63) is 41.1 Å². The zero-order chi connectivity index (χ0) is 24.5. The SMILES string of the molecule is CC(=O)Nc1ccc(NC(=O)C2CCCN(S(=O)(=O)c3cc(-c4noc(C)n4)sc3C)C2)cc1.